The highest BCUT2D eigenvalue weighted by molar-refractivity contribution is 5.91. The van der Waals surface area contributed by atoms with Crippen molar-refractivity contribution in [1.29, 1.82) is 0 Å². The Morgan fingerprint density at radius 1 is 1.59 bits per heavy atom. The van der Waals surface area contributed by atoms with E-state index in [-0.39, 0.29) is 5.91 Å². The van der Waals surface area contributed by atoms with Gasteiger partial charge in [-0.25, -0.2) is 0 Å². The molecule has 0 radical (unpaired) electrons. The van der Waals surface area contributed by atoms with Gasteiger partial charge in [0.05, 0.1) is 0 Å². The zero-order chi connectivity index (χ0) is 12.3. The van der Waals surface area contributed by atoms with Gasteiger partial charge in [-0.15, -0.1) is 0 Å². The summed E-state index contributed by atoms with van der Waals surface area (Å²) in [6.07, 6.45) is 2.40. The lowest BCUT2D eigenvalue weighted by molar-refractivity contribution is 0.0912. The molecule has 94 valence electrons. The number of carbonyl (C=O) groups is 1. The predicted molar refractivity (Wildman–Crippen MR) is 66.0 cm³/mol. The third-order valence-corrected chi connectivity index (χ3v) is 3.37. The maximum atomic E-state index is 11.8. The van der Waals surface area contributed by atoms with E-state index in [9.17, 15) is 4.79 Å². The summed E-state index contributed by atoms with van der Waals surface area (Å²) in [7, 11) is 0. The van der Waals surface area contributed by atoms with Gasteiger partial charge >= 0.3 is 0 Å². The van der Waals surface area contributed by atoms with Crippen LogP contribution < -0.4 is 5.32 Å². The first-order chi connectivity index (χ1) is 8.20. The minimum Gasteiger partial charge on any atom is -0.456 e. The first kappa shape index (κ1) is 12.2. The molecule has 1 N–H and O–H groups in total. The standard InChI is InChI=1S/C13H20N2O2/c1-3-15-8-4-5-11(15)9-14-13(16)12-7-6-10(2)17-12/h6-7,11H,3-5,8-9H2,1-2H3,(H,14,16). The van der Waals surface area contributed by atoms with Crippen molar-refractivity contribution in [3.05, 3.63) is 23.7 Å². The van der Waals surface area contributed by atoms with Crippen molar-refractivity contribution in [2.45, 2.75) is 32.7 Å². The first-order valence-electron chi connectivity index (χ1n) is 6.29. The molecule has 2 heterocycles. The number of hydrogen-bond acceptors (Lipinski definition) is 3. The van der Waals surface area contributed by atoms with E-state index in [0.717, 1.165) is 18.8 Å². The van der Waals surface area contributed by atoms with Gasteiger partial charge in [0.15, 0.2) is 5.76 Å². The summed E-state index contributed by atoms with van der Waals surface area (Å²) in [6.45, 7) is 6.92. The highest BCUT2D eigenvalue weighted by atomic mass is 16.3. The molecule has 0 aliphatic carbocycles. The lowest BCUT2D eigenvalue weighted by Crippen LogP contribution is -2.39. The fourth-order valence-electron chi connectivity index (χ4n) is 2.40. The minimum absolute atomic E-state index is 0.110. The number of likely N-dealkylation sites (tertiary alicyclic amines) is 1. The molecule has 1 aromatic heterocycles. The van der Waals surface area contributed by atoms with Crippen LogP contribution in [-0.4, -0.2) is 36.5 Å². The minimum atomic E-state index is -0.110. The number of amides is 1. The lowest BCUT2D eigenvalue weighted by Gasteiger charge is -2.22. The number of nitrogens with zero attached hydrogens (tertiary/aromatic N) is 1. The zero-order valence-electron chi connectivity index (χ0n) is 10.5. The van der Waals surface area contributed by atoms with Gasteiger partial charge in [0.2, 0.25) is 0 Å². The number of rotatable bonds is 4. The molecule has 0 aromatic carbocycles. The normalized spacial score (nSPS) is 20.7. The maximum Gasteiger partial charge on any atom is 0.287 e. The van der Waals surface area contributed by atoms with E-state index >= 15 is 0 Å². The Hall–Kier alpha value is -1.29. The number of hydrogen-bond donors (Lipinski definition) is 1. The van der Waals surface area contributed by atoms with Crippen LogP contribution in [0.2, 0.25) is 0 Å². The van der Waals surface area contributed by atoms with Crippen LogP contribution in [0.15, 0.2) is 16.5 Å². The molecule has 0 saturated carbocycles. The van der Waals surface area contributed by atoms with Crippen LogP contribution in [0.1, 0.15) is 36.1 Å². The Balaban J connectivity index is 1.84. The number of aryl methyl sites for hydroxylation is 1. The van der Waals surface area contributed by atoms with E-state index in [0.29, 0.717) is 18.3 Å². The Morgan fingerprint density at radius 2 is 2.41 bits per heavy atom. The number of furan rings is 1. The molecular weight excluding hydrogens is 216 g/mol. The highest BCUT2D eigenvalue weighted by Gasteiger charge is 2.23. The Labute approximate surface area is 102 Å². The molecule has 2 rings (SSSR count). The fourth-order valence-corrected chi connectivity index (χ4v) is 2.40. The van der Waals surface area contributed by atoms with Gasteiger partial charge in [-0.2, -0.15) is 0 Å². The quantitative estimate of drug-likeness (QED) is 0.867. The Bertz CT molecular complexity index is 387. The van der Waals surface area contributed by atoms with E-state index in [1.165, 1.54) is 12.8 Å². The molecule has 1 aromatic rings. The fraction of sp³-hybridized carbons (Fsp3) is 0.615. The van der Waals surface area contributed by atoms with Gasteiger partial charge in [-0.3, -0.25) is 9.69 Å². The highest BCUT2D eigenvalue weighted by Crippen LogP contribution is 2.15. The molecule has 1 aliphatic rings. The topological polar surface area (TPSA) is 45.5 Å². The van der Waals surface area contributed by atoms with Gasteiger partial charge in [-0.1, -0.05) is 6.92 Å². The Morgan fingerprint density at radius 3 is 3.06 bits per heavy atom. The smallest absolute Gasteiger partial charge is 0.287 e. The monoisotopic (exact) mass is 236 g/mol. The summed E-state index contributed by atoms with van der Waals surface area (Å²) in [6, 6.07) is 4.01. The van der Waals surface area contributed by atoms with Crippen molar-refractivity contribution in [3.63, 3.8) is 0 Å². The first-order valence-corrected chi connectivity index (χ1v) is 6.29. The van der Waals surface area contributed by atoms with Crippen LogP contribution in [-0.2, 0) is 0 Å². The molecule has 1 amide bonds. The third-order valence-electron chi connectivity index (χ3n) is 3.37. The summed E-state index contributed by atoms with van der Waals surface area (Å²) < 4.78 is 5.29. The second-order valence-corrected chi connectivity index (χ2v) is 4.54. The van der Waals surface area contributed by atoms with Gasteiger partial charge in [-0.05, 0) is 45.0 Å². The van der Waals surface area contributed by atoms with Crippen LogP contribution in [0.4, 0.5) is 0 Å². The summed E-state index contributed by atoms with van der Waals surface area (Å²) in [5.41, 5.74) is 0. The summed E-state index contributed by atoms with van der Waals surface area (Å²) >= 11 is 0. The third kappa shape index (κ3) is 2.88. The summed E-state index contributed by atoms with van der Waals surface area (Å²) in [5.74, 6) is 1.07. The van der Waals surface area contributed by atoms with E-state index in [1.54, 1.807) is 6.07 Å². The number of nitrogens with one attached hydrogen (secondary N) is 1. The second-order valence-electron chi connectivity index (χ2n) is 4.54. The maximum absolute atomic E-state index is 11.8. The summed E-state index contributed by atoms with van der Waals surface area (Å²) in [5, 5.41) is 2.94. The number of likely N-dealkylation sites (N-methyl/N-ethyl adjacent to an activating group) is 1. The van der Waals surface area contributed by atoms with Crippen LogP contribution >= 0.6 is 0 Å². The molecule has 0 bridgehead atoms. The van der Waals surface area contributed by atoms with E-state index in [4.69, 9.17) is 4.42 Å². The molecule has 4 heteroatoms. The SMILES string of the molecule is CCN1CCCC1CNC(=O)c1ccc(C)o1. The molecule has 17 heavy (non-hydrogen) atoms. The van der Waals surface area contributed by atoms with Gasteiger partial charge in [0.25, 0.3) is 5.91 Å². The van der Waals surface area contributed by atoms with Crippen LogP contribution in [0, 0.1) is 6.92 Å². The van der Waals surface area contributed by atoms with Crippen molar-refractivity contribution < 1.29 is 9.21 Å². The zero-order valence-corrected chi connectivity index (χ0v) is 10.5. The molecule has 4 nitrogen and oxygen atoms in total. The van der Waals surface area contributed by atoms with E-state index < -0.39 is 0 Å². The predicted octanol–water partition coefficient (Wildman–Crippen LogP) is 1.80. The Kier molecular flexibility index (Phi) is 3.84. The molecule has 1 saturated heterocycles. The van der Waals surface area contributed by atoms with Crippen molar-refractivity contribution in [3.8, 4) is 0 Å². The lowest BCUT2D eigenvalue weighted by atomic mass is 10.2. The molecule has 1 unspecified atom stereocenters. The van der Waals surface area contributed by atoms with Crippen LogP contribution in [0.3, 0.4) is 0 Å². The summed E-state index contributed by atoms with van der Waals surface area (Å²) in [4.78, 5) is 14.2. The molecule has 1 fully saturated rings. The van der Waals surface area contributed by atoms with Gasteiger partial charge in [0.1, 0.15) is 5.76 Å². The van der Waals surface area contributed by atoms with Gasteiger partial charge in [0, 0.05) is 12.6 Å². The van der Waals surface area contributed by atoms with E-state index in [2.05, 4.69) is 17.1 Å². The molecule has 1 atom stereocenters. The van der Waals surface area contributed by atoms with Crippen molar-refractivity contribution >= 4 is 5.91 Å². The molecule has 0 spiro atoms. The molecular formula is C13H20N2O2. The average molecular weight is 236 g/mol. The molecule has 1 aliphatic heterocycles. The largest absolute Gasteiger partial charge is 0.456 e. The van der Waals surface area contributed by atoms with Crippen molar-refractivity contribution in [2.75, 3.05) is 19.6 Å². The second kappa shape index (κ2) is 5.36. The number of carbonyl (C=O) groups excluding carboxylic acids is 1. The van der Waals surface area contributed by atoms with Crippen LogP contribution in [0.5, 0.6) is 0 Å². The van der Waals surface area contributed by atoms with Crippen LogP contribution in [0.25, 0.3) is 0 Å². The van der Waals surface area contributed by atoms with E-state index in [1.807, 2.05) is 13.0 Å². The van der Waals surface area contributed by atoms with Crippen molar-refractivity contribution in [1.82, 2.24) is 10.2 Å². The van der Waals surface area contributed by atoms with Gasteiger partial charge < -0.3 is 9.73 Å². The van der Waals surface area contributed by atoms with Crippen molar-refractivity contribution in [2.24, 2.45) is 0 Å². The average Bonchev–Trinajstić information content (AvgIpc) is 2.94.